The van der Waals surface area contributed by atoms with Gasteiger partial charge < -0.3 is 19.0 Å². The molecule has 0 saturated carbocycles. The first kappa shape index (κ1) is 16.2. The Balaban J connectivity index is 2.39. The fraction of sp³-hybridized carbons (Fsp3) is 0.714. The molecule has 1 N–H and O–H groups in total. The Kier molecular flexibility index (Phi) is 7.74. The summed E-state index contributed by atoms with van der Waals surface area (Å²) in [5.74, 6) is 0.882. The summed E-state index contributed by atoms with van der Waals surface area (Å²) in [7, 11) is 1.67. The molecule has 0 bridgehead atoms. The molecule has 1 heterocycles. The fourth-order valence-electron chi connectivity index (χ4n) is 1.73. The van der Waals surface area contributed by atoms with Gasteiger partial charge in [-0.05, 0) is 26.0 Å². The third-order valence-electron chi connectivity index (χ3n) is 2.66. The smallest absolute Gasteiger partial charge is 0.117 e. The van der Waals surface area contributed by atoms with Crippen LogP contribution in [0.3, 0.4) is 0 Å². The Morgan fingerprint density at radius 1 is 1.42 bits per heavy atom. The van der Waals surface area contributed by atoms with Gasteiger partial charge in [-0.3, -0.25) is 4.90 Å². The minimum atomic E-state index is -0.505. The Morgan fingerprint density at radius 3 is 2.79 bits per heavy atom. The van der Waals surface area contributed by atoms with E-state index in [1.165, 1.54) is 0 Å². The Hall–Kier alpha value is -0.880. The third kappa shape index (κ3) is 7.32. The van der Waals surface area contributed by atoms with Gasteiger partial charge in [-0.25, -0.2) is 0 Å². The van der Waals surface area contributed by atoms with Crippen molar-refractivity contribution in [3.05, 3.63) is 24.2 Å². The highest BCUT2D eigenvalue weighted by Gasteiger charge is 2.14. The second kappa shape index (κ2) is 9.09. The molecule has 1 rings (SSSR count). The molecule has 1 aromatic heterocycles. The van der Waals surface area contributed by atoms with E-state index in [9.17, 15) is 5.11 Å². The van der Waals surface area contributed by atoms with E-state index in [0.29, 0.717) is 26.3 Å². The van der Waals surface area contributed by atoms with Crippen LogP contribution in [0.2, 0.25) is 0 Å². The van der Waals surface area contributed by atoms with Crippen molar-refractivity contribution in [1.82, 2.24) is 4.90 Å². The standard InChI is InChI=1S/C14H25NO4/c1-12(2)19-11-13(16)9-15(6-8-17-3)10-14-5-4-7-18-14/h4-5,7,12-13,16H,6,8-11H2,1-3H3. The van der Waals surface area contributed by atoms with Gasteiger partial charge in [-0.1, -0.05) is 0 Å². The van der Waals surface area contributed by atoms with Gasteiger partial charge in [0.2, 0.25) is 0 Å². The number of nitrogens with zero attached hydrogens (tertiary/aromatic N) is 1. The van der Waals surface area contributed by atoms with Crippen molar-refractivity contribution in [3.63, 3.8) is 0 Å². The lowest BCUT2D eigenvalue weighted by atomic mass is 10.3. The number of aliphatic hydroxyl groups excluding tert-OH is 1. The molecule has 5 heteroatoms. The molecule has 0 aliphatic rings. The highest BCUT2D eigenvalue weighted by atomic mass is 16.5. The van der Waals surface area contributed by atoms with Crippen LogP contribution in [0.5, 0.6) is 0 Å². The lowest BCUT2D eigenvalue weighted by Crippen LogP contribution is -2.37. The van der Waals surface area contributed by atoms with Crippen LogP contribution in [0.4, 0.5) is 0 Å². The van der Waals surface area contributed by atoms with E-state index in [0.717, 1.165) is 12.3 Å². The maximum Gasteiger partial charge on any atom is 0.117 e. The van der Waals surface area contributed by atoms with E-state index < -0.39 is 6.10 Å². The van der Waals surface area contributed by atoms with E-state index in [1.54, 1.807) is 13.4 Å². The van der Waals surface area contributed by atoms with Crippen molar-refractivity contribution >= 4 is 0 Å². The monoisotopic (exact) mass is 271 g/mol. The molecule has 1 atom stereocenters. The van der Waals surface area contributed by atoms with Gasteiger partial charge in [0.05, 0.1) is 38.2 Å². The summed E-state index contributed by atoms with van der Waals surface area (Å²) in [6.07, 6.45) is 1.28. The zero-order chi connectivity index (χ0) is 14.1. The summed E-state index contributed by atoms with van der Waals surface area (Å²) < 4.78 is 15.8. The molecular weight excluding hydrogens is 246 g/mol. The number of hydrogen-bond acceptors (Lipinski definition) is 5. The first-order chi connectivity index (χ1) is 9.11. The molecule has 0 amide bonds. The van der Waals surface area contributed by atoms with E-state index in [4.69, 9.17) is 13.9 Å². The normalized spacial score (nSPS) is 13.4. The largest absolute Gasteiger partial charge is 0.468 e. The summed E-state index contributed by atoms with van der Waals surface area (Å²) >= 11 is 0. The lowest BCUT2D eigenvalue weighted by Gasteiger charge is -2.24. The maximum absolute atomic E-state index is 9.96. The van der Waals surface area contributed by atoms with Gasteiger partial charge in [0.25, 0.3) is 0 Å². The fourth-order valence-corrected chi connectivity index (χ4v) is 1.73. The topological polar surface area (TPSA) is 55.1 Å². The number of ether oxygens (including phenoxy) is 2. The molecule has 0 aliphatic carbocycles. The molecule has 0 aliphatic heterocycles. The van der Waals surface area contributed by atoms with Crippen molar-refractivity contribution in [2.24, 2.45) is 0 Å². The number of furan rings is 1. The van der Waals surface area contributed by atoms with Crippen molar-refractivity contribution in [2.45, 2.75) is 32.6 Å². The van der Waals surface area contributed by atoms with Crippen molar-refractivity contribution in [1.29, 1.82) is 0 Å². The van der Waals surface area contributed by atoms with Crippen molar-refractivity contribution < 1.29 is 19.0 Å². The van der Waals surface area contributed by atoms with Gasteiger partial charge >= 0.3 is 0 Å². The predicted octanol–water partition coefficient (Wildman–Crippen LogP) is 1.51. The van der Waals surface area contributed by atoms with Crippen molar-refractivity contribution in [2.75, 3.05) is 33.4 Å². The predicted molar refractivity (Wildman–Crippen MR) is 73.0 cm³/mol. The van der Waals surface area contributed by atoms with E-state index in [1.807, 2.05) is 26.0 Å². The minimum absolute atomic E-state index is 0.132. The molecule has 1 unspecified atom stereocenters. The third-order valence-corrected chi connectivity index (χ3v) is 2.66. The number of rotatable bonds is 10. The molecule has 0 spiro atoms. The number of methoxy groups -OCH3 is 1. The second-order valence-electron chi connectivity index (χ2n) is 4.84. The molecule has 0 fully saturated rings. The quantitative estimate of drug-likeness (QED) is 0.699. The first-order valence-corrected chi connectivity index (χ1v) is 6.65. The van der Waals surface area contributed by atoms with Crippen LogP contribution in [-0.2, 0) is 16.0 Å². The average molecular weight is 271 g/mol. The van der Waals surface area contributed by atoms with Gasteiger partial charge in [-0.2, -0.15) is 0 Å². The minimum Gasteiger partial charge on any atom is -0.468 e. The van der Waals surface area contributed by atoms with Crippen LogP contribution >= 0.6 is 0 Å². The van der Waals surface area contributed by atoms with Crippen LogP contribution in [0.1, 0.15) is 19.6 Å². The number of hydrogen-bond donors (Lipinski definition) is 1. The van der Waals surface area contributed by atoms with Gasteiger partial charge in [0.1, 0.15) is 5.76 Å². The lowest BCUT2D eigenvalue weighted by molar-refractivity contribution is -0.0129. The van der Waals surface area contributed by atoms with E-state index in [-0.39, 0.29) is 6.10 Å². The van der Waals surface area contributed by atoms with Gasteiger partial charge in [-0.15, -0.1) is 0 Å². The van der Waals surface area contributed by atoms with Gasteiger partial charge in [0, 0.05) is 20.2 Å². The molecule has 1 aromatic rings. The summed E-state index contributed by atoms with van der Waals surface area (Å²) in [5, 5.41) is 9.96. The molecule has 0 saturated heterocycles. The first-order valence-electron chi connectivity index (χ1n) is 6.65. The summed E-state index contributed by atoms with van der Waals surface area (Å²) in [6.45, 7) is 6.83. The maximum atomic E-state index is 9.96. The van der Waals surface area contributed by atoms with Gasteiger partial charge in [0.15, 0.2) is 0 Å². The molecular formula is C14H25NO4. The molecule has 19 heavy (non-hydrogen) atoms. The second-order valence-corrected chi connectivity index (χ2v) is 4.84. The van der Waals surface area contributed by atoms with Crippen LogP contribution in [0, 0.1) is 0 Å². The Labute approximate surface area is 115 Å². The SMILES string of the molecule is COCCN(Cc1ccco1)CC(O)COC(C)C. The zero-order valence-corrected chi connectivity index (χ0v) is 12.0. The summed E-state index contributed by atoms with van der Waals surface area (Å²) in [5.41, 5.74) is 0. The van der Waals surface area contributed by atoms with Crippen LogP contribution < -0.4 is 0 Å². The van der Waals surface area contributed by atoms with Crippen molar-refractivity contribution in [3.8, 4) is 0 Å². The Bertz CT molecular complexity index is 313. The summed E-state index contributed by atoms with van der Waals surface area (Å²) in [6, 6.07) is 3.79. The van der Waals surface area contributed by atoms with Crippen LogP contribution in [0.25, 0.3) is 0 Å². The van der Waals surface area contributed by atoms with Crippen LogP contribution in [0.15, 0.2) is 22.8 Å². The highest BCUT2D eigenvalue weighted by Crippen LogP contribution is 2.06. The molecule has 0 aromatic carbocycles. The average Bonchev–Trinajstić information content (AvgIpc) is 2.86. The molecule has 110 valence electrons. The molecule has 0 radical (unpaired) electrons. The molecule has 5 nitrogen and oxygen atoms in total. The van der Waals surface area contributed by atoms with Crippen LogP contribution in [-0.4, -0.2) is 55.6 Å². The van der Waals surface area contributed by atoms with E-state index in [2.05, 4.69) is 4.90 Å². The Morgan fingerprint density at radius 2 is 2.21 bits per heavy atom. The highest BCUT2D eigenvalue weighted by molar-refractivity contribution is 4.97. The zero-order valence-electron chi connectivity index (χ0n) is 12.0. The summed E-state index contributed by atoms with van der Waals surface area (Å²) in [4.78, 5) is 2.09. The van der Waals surface area contributed by atoms with E-state index >= 15 is 0 Å². The number of aliphatic hydroxyl groups is 1.